The summed E-state index contributed by atoms with van der Waals surface area (Å²) in [6.45, 7) is 5.56. The van der Waals surface area contributed by atoms with Gasteiger partial charge in [0.25, 0.3) is 0 Å². The third-order valence-corrected chi connectivity index (χ3v) is 5.92. The second-order valence-electron chi connectivity index (χ2n) is 6.30. The molecule has 0 amide bonds. The number of aromatic nitrogens is 1. The van der Waals surface area contributed by atoms with Crippen LogP contribution < -0.4 is 4.72 Å². The highest BCUT2D eigenvalue weighted by molar-refractivity contribution is 7.89. The van der Waals surface area contributed by atoms with Crippen molar-refractivity contribution in [3.63, 3.8) is 0 Å². The van der Waals surface area contributed by atoms with E-state index in [0.29, 0.717) is 4.90 Å². The van der Waals surface area contributed by atoms with Gasteiger partial charge < -0.3 is 4.57 Å². The van der Waals surface area contributed by atoms with Crippen molar-refractivity contribution in [2.45, 2.75) is 31.7 Å². The molecule has 3 rings (SSSR count). The Morgan fingerprint density at radius 3 is 2.40 bits per heavy atom. The standard InChI is InChI=1S/C20H22N2O2S/c1-15-9-10-16(2)20(13-15)25(23,24)21-17(3)18-7-6-8-19(14-18)22-11-4-5-12-22/h4-14,17,21H,1-3H3/t17-/m0/s1. The summed E-state index contributed by atoms with van der Waals surface area (Å²) in [4.78, 5) is 0.334. The van der Waals surface area contributed by atoms with E-state index < -0.39 is 10.0 Å². The number of hydrogen-bond donors (Lipinski definition) is 1. The van der Waals surface area contributed by atoms with Crippen LogP contribution in [0.1, 0.15) is 29.7 Å². The van der Waals surface area contributed by atoms with Gasteiger partial charge in [-0.15, -0.1) is 0 Å². The lowest BCUT2D eigenvalue weighted by molar-refractivity contribution is 0.566. The maximum absolute atomic E-state index is 12.8. The molecule has 5 heteroatoms. The molecule has 1 heterocycles. The molecule has 130 valence electrons. The zero-order valence-electron chi connectivity index (χ0n) is 14.6. The Labute approximate surface area is 149 Å². The molecular weight excluding hydrogens is 332 g/mol. The van der Waals surface area contributed by atoms with Gasteiger partial charge in [0.05, 0.1) is 4.90 Å². The van der Waals surface area contributed by atoms with Crippen LogP contribution in [0.25, 0.3) is 5.69 Å². The lowest BCUT2D eigenvalue weighted by Gasteiger charge is -2.17. The highest BCUT2D eigenvalue weighted by Gasteiger charge is 2.20. The Morgan fingerprint density at radius 2 is 1.68 bits per heavy atom. The number of aryl methyl sites for hydroxylation is 2. The van der Waals surface area contributed by atoms with Gasteiger partial charge in [-0.1, -0.05) is 24.3 Å². The van der Waals surface area contributed by atoms with Gasteiger partial charge in [0.15, 0.2) is 0 Å². The van der Waals surface area contributed by atoms with Crippen LogP contribution in [0.3, 0.4) is 0 Å². The van der Waals surface area contributed by atoms with Crippen molar-refractivity contribution < 1.29 is 8.42 Å². The Bertz CT molecular complexity index is 977. The molecule has 0 bridgehead atoms. The molecule has 0 aliphatic rings. The fraction of sp³-hybridized carbons (Fsp3) is 0.200. The molecule has 0 unspecified atom stereocenters. The molecule has 0 radical (unpaired) electrons. The molecule has 4 nitrogen and oxygen atoms in total. The van der Waals surface area contributed by atoms with Crippen LogP contribution in [0, 0.1) is 13.8 Å². The predicted octanol–water partition coefficient (Wildman–Crippen LogP) is 4.13. The quantitative estimate of drug-likeness (QED) is 0.749. The number of nitrogens with one attached hydrogen (secondary N) is 1. The molecular formula is C20H22N2O2S. The molecule has 0 saturated heterocycles. The molecule has 2 aromatic carbocycles. The van der Waals surface area contributed by atoms with Gasteiger partial charge in [-0.2, -0.15) is 0 Å². The number of sulfonamides is 1. The normalized spacial score (nSPS) is 12.9. The zero-order valence-corrected chi connectivity index (χ0v) is 15.4. The van der Waals surface area contributed by atoms with E-state index in [0.717, 1.165) is 22.4 Å². The number of benzene rings is 2. The minimum atomic E-state index is -3.58. The van der Waals surface area contributed by atoms with Gasteiger partial charge in [0.1, 0.15) is 0 Å². The van der Waals surface area contributed by atoms with E-state index in [1.54, 1.807) is 6.07 Å². The van der Waals surface area contributed by atoms with Crippen molar-refractivity contribution in [3.05, 3.63) is 83.7 Å². The maximum Gasteiger partial charge on any atom is 0.241 e. The fourth-order valence-corrected chi connectivity index (χ4v) is 4.38. The fourth-order valence-electron chi connectivity index (χ4n) is 2.82. The maximum atomic E-state index is 12.8. The summed E-state index contributed by atoms with van der Waals surface area (Å²) in [6, 6.07) is 16.9. The molecule has 0 saturated carbocycles. The van der Waals surface area contributed by atoms with E-state index >= 15 is 0 Å². The van der Waals surface area contributed by atoms with Crippen LogP contribution in [0.5, 0.6) is 0 Å². The van der Waals surface area contributed by atoms with Crippen molar-refractivity contribution in [1.82, 2.24) is 9.29 Å². The molecule has 1 atom stereocenters. The third kappa shape index (κ3) is 3.83. The van der Waals surface area contributed by atoms with E-state index in [1.165, 1.54) is 0 Å². The van der Waals surface area contributed by atoms with Crippen molar-refractivity contribution >= 4 is 10.0 Å². The van der Waals surface area contributed by atoms with Crippen molar-refractivity contribution in [2.24, 2.45) is 0 Å². The van der Waals surface area contributed by atoms with Crippen molar-refractivity contribution in [2.75, 3.05) is 0 Å². The van der Waals surface area contributed by atoms with Gasteiger partial charge in [-0.05, 0) is 67.8 Å². The lowest BCUT2D eigenvalue weighted by Crippen LogP contribution is -2.27. The summed E-state index contributed by atoms with van der Waals surface area (Å²) in [7, 11) is -3.58. The SMILES string of the molecule is Cc1ccc(C)c(S(=O)(=O)N[C@@H](C)c2cccc(-n3cccc3)c2)c1. The summed E-state index contributed by atoms with van der Waals surface area (Å²) in [6.07, 6.45) is 3.92. The third-order valence-electron chi connectivity index (χ3n) is 4.24. The second kappa shape index (κ2) is 6.86. The van der Waals surface area contributed by atoms with Crippen molar-refractivity contribution in [1.29, 1.82) is 0 Å². The average molecular weight is 354 g/mol. The Morgan fingerprint density at radius 1 is 0.960 bits per heavy atom. The molecule has 25 heavy (non-hydrogen) atoms. The highest BCUT2D eigenvalue weighted by atomic mass is 32.2. The van der Waals surface area contributed by atoms with E-state index in [9.17, 15) is 8.42 Å². The van der Waals surface area contributed by atoms with E-state index in [4.69, 9.17) is 0 Å². The topological polar surface area (TPSA) is 51.1 Å². The number of nitrogens with zero attached hydrogens (tertiary/aromatic N) is 1. The van der Waals surface area contributed by atoms with Gasteiger partial charge in [-0.25, -0.2) is 13.1 Å². The van der Waals surface area contributed by atoms with Crippen molar-refractivity contribution in [3.8, 4) is 5.69 Å². The smallest absolute Gasteiger partial charge is 0.241 e. The second-order valence-corrected chi connectivity index (χ2v) is 7.98. The first-order valence-corrected chi connectivity index (χ1v) is 9.68. The van der Waals surface area contributed by atoms with Crippen LogP contribution in [-0.2, 0) is 10.0 Å². The first-order chi connectivity index (χ1) is 11.9. The Balaban J connectivity index is 1.88. The molecule has 1 N–H and O–H groups in total. The molecule has 0 spiro atoms. The number of rotatable bonds is 5. The molecule has 1 aromatic heterocycles. The van der Waals surface area contributed by atoms with E-state index in [2.05, 4.69) is 4.72 Å². The van der Waals surface area contributed by atoms with Crippen LogP contribution in [0.4, 0.5) is 0 Å². The minimum absolute atomic E-state index is 0.333. The minimum Gasteiger partial charge on any atom is -0.324 e. The molecule has 3 aromatic rings. The molecule has 0 aliphatic heterocycles. The average Bonchev–Trinajstić information content (AvgIpc) is 3.11. The predicted molar refractivity (Wildman–Crippen MR) is 100 cm³/mol. The van der Waals surface area contributed by atoms with Crippen LogP contribution in [0.2, 0.25) is 0 Å². The Kier molecular flexibility index (Phi) is 4.79. The molecule has 0 aliphatic carbocycles. The lowest BCUT2D eigenvalue weighted by atomic mass is 10.1. The monoisotopic (exact) mass is 354 g/mol. The van der Waals surface area contributed by atoms with Crippen LogP contribution in [0.15, 0.2) is 71.9 Å². The summed E-state index contributed by atoms with van der Waals surface area (Å²) in [5.74, 6) is 0. The molecule has 0 fully saturated rings. The Hall–Kier alpha value is -2.37. The van der Waals surface area contributed by atoms with Crippen LogP contribution >= 0.6 is 0 Å². The largest absolute Gasteiger partial charge is 0.324 e. The first-order valence-electron chi connectivity index (χ1n) is 8.20. The summed E-state index contributed by atoms with van der Waals surface area (Å²) < 4.78 is 30.4. The highest BCUT2D eigenvalue weighted by Crippen LogP contribution is 2.22. The zero-order chi connectivity index (χ0) is 18.0. The van der Waals surface area contributed by atoms with Crippen LogP contribution in [-0.4, -0.2) is 13.0 Å². The van der Waals surface area contributed by atoms with Gasteiger partial charge in [0.2, 0.25) is 10.0 Å². The van der Waals surface area contributed by atoms with Gasteiger partial charge >= 0.3 is 0 Å². The first kappa shape index (κ1) is 17.5. The van der Waals surface area contributed by atoms with E-state index in [1.807, 2.05) is 86.3 Å². The summed E-state index contributed by atoms with van der Waals surface area (Å²) >= 11 is 0. The summed E-state index contributed by atoms with van der Waals surface area (Å²) in [5.41, 5.74) is 3.58. The van der Waals surface area contributed by atoms with Gasteiger partial charge in [-0.3, -0.25) is 0 Å². The van der Waals surface area contributed by atoms with E-state index in [-0.39, 0.29) is 6.04 Å². The van der Waals surface area contributed by atoms with Gasteiger partial charge in [0, 0.05) is 24.1 Å². The summed E-state index contributed by atoms with van der Waals surface area (Å²) in [5, 5.41) is 0. The number of hydrogen-bond acceptors (Lipinski definition) is 2.